The topological polar surface area (TPSA) is 104 Å². The second-order valence-electron chi connectivity index (χ2n) is 10.3. The molecule has 44 heavy (non-hydrogen) atoms. The van der Waals surface area contributed by atoms with Gasteiger partial charge < -0.3 is 25.2 Å². The standard InChI is InChI=1S/C33H33Cl2N5O4/c1-21-8-12-23-6-5-7-28(33(23)37-21)44-20-25-26(34)15-16-27(32(25)35)40(4)31(43)18-36-29(41)17-11-22-9-13-24(14-10-22)38-30(42)19-39(2)3/h5-17H,18-20H2,1-4H3,(H,36,41)(H,38,42)/b17-11+. The van der Waals surface area contributed by atoms with Crippen molar-refractivity contribution in [1.82, 2.24) is 15.2 Å². The first-order valence-electron chi connectivity index (χ1n) is 13.7. The number of carbonyl (C=O) groups is 3. The predicted octanol–water partition coefficient (Wildman–Crippen LogP) is 5.72. The molecule has 4 rings (SSSR count). The largest absolute Gasteiger partial charge is 0.487 e. The second kappa shape index (κ2) is 14.8. The van der Waals surface area contributed by atoms with E-state index in [1.54, 1.807) is 54.4 Å². The third kappa shape index (κ3) is 8.57. The molecule has 1 aromatic heterocycles. The van der Waals surface area contributed by atoms with Gasteiger partial charge in [0.25, 0.3) is 0 Å². The molecule has 0 bridgehead atoms. The molecule has 228 valence electrons. The number of aromatic nitrogens is 1. The van der Waals surface area contributed by atoms with Gasteiger partial charge in [0, 0.05) is 40.5 Å². The summed E-state index contributed by atoms with van der Waals surface area (Å²) < 4.78 is 6.08. The van der Waals surface area contributed by atoms with Gasteiger partial charge in [0.2, 0.25) is 17.7 Å². The Labute approximate surface area is 266 Å². The Bertz CT molecular complexity index is 1710. The quantitative estimate of drug-likeness (QED) is 0.205. The van der Waals surface area contributed by atoms with Gasteiger partial charge in [-0.25, -0.2) is 4.98 Å². The fourth-order valence-electron chi connectivity index (χ4n) is 4.27. The predicted molar refractivity (Wildman–Crippen MR) is 176 cm³/mol. The first-order chi connectivity index (χ1) is 21.0. The Morgan fingerprint density at radius 1 is 0.955 bits per heavy atom. The number of nitrogens with one attached hydrogen (secondary N) is 2. The summed E-state index contributed by atoms with van der Waals surface area (Å²) in [6, 6.07) is 19.9. The van der Waals surface area contributed by atoms with Crippen LogP contribution in [0.4, 0.5) is 11.4 Å². The lowest BCUT2D eigenvalue weighted by Crippen LogP contribution is -2.37. The smallest absolute Gasteiger partial charge is 0.246 e. The van der Waals surface area contributed by atoms with Crippen LogP contribution in [0.2, 0.25) is 10.0 Å². The Kier molecular flexibility index (Phi) is 10.9. The Hall–Kier alpha value is -4.44. The van der Waals surface area contributed by atoms with Crippen molar-refractivity contribution < 1.29 is 19.1 Å². The van der Waals surface area contributed by atoms with E-state index >= 15 is 0 Å². The number of nitrogens with zero attached hydrogens (tertiary/aromatic N) is 3. The second-order valence-corrected chi connectivity index (χ2v) is 11.1. The molecule has 0 saturated heterocycles. The maximum absolute atomic E-state index is 12.9. The summed E-state index contributed by atoms with van der Waals surface area (Å²) in [5.74, 6) is -0.350. The Morgan fingerprint density at radius 3 is 2.43 bits per heavy atom. The molecule has 1 heterocycles. The Balaban J connectivity index is 1.34. The third-order valence-corrected chi connectivity index (χ3v) is 7.37. The highest BCUT2D eigenvalue weighted by molar-refractivity contribution is 6.38. The fourth-order valence-corrected chi connectivity index (χ4v) is 4.88. The lowest BCUT2D eigenvalue weighted by Gasteiger charge is -2.21. The van der Waals surface area contributed by atoms with Crippen molar-refractivity contribution >= 4 is 69.3 Å². The van der Waals surface area contributed by atoms with E-state index in [0.717, 1.165) is 22.2 Å². The molecule has 0 unspecified atom stereocenters. The molecule has 0 spiro atoms. The number of hydrogen-bond acceptors (Lipinski definition) is 6. The number of para-hydroxylation sites is 1. The van der Waals surface area contributed by atoms with Crippen LogP contribution in [0.1, 0.15) is 16.8 Å². The minimum absolute atomic E-state index is 0.0627. The van der Waals surface area contributed by atoms with E-state index in [9.17, 15) is 14.4 Å². The number of fused-ring (bicyclic) bond motifs is 1. The van der Waals surface area contributed by atoms with Crippen molar-refractivity contribution in [2.24, 2.45) is 0 Å². The average molecular weight is 635 g/mol. The highest BCUT2D eigenvalue weighted by Crippen LogP contribution is 2.35. The van der Waals surface area contributed by atoms with Gasteiger partial charge in [-0.05, 0) is 69.1 Å². The van der Waals surface area contributed by atoms with E-state index in [2.05, 4.69) is 15.6 Å². The average Bonchev–Trinajstić information content (AvgIpc) is 2.98. The molecule has 0 aliphatic rings. The first-order valence-corrected chi connectivity index (χ1v) is 14.5. The third-order valence-electron chi connectivity index (χ3n) is 6.59. The number of halogens is 2. The maximum Gasteiger partial charge on any atom is 0.246 e. The minimum Gasteiger partial charge on any atom is -0.487 e. The molecule has 0 atom stereocenters. The van der Waals surface area contributed by atoms with Gasteiger partial charge in [0.05, 0.1) is 23.8 Å². The lowest BCUT2D eigenvalue weighted by atomic mass is 10.1. The van der Waals surface area contributed by atoms with E-state index in [1.165, 1.54) is 11.0 Å². The molecular weight excluding hydrogens is 601 g/mol. The van der Waals surface area contributed by atoms with Crippen LogP contribution in [-0.2, 0) is 21.0 Å². The van der Waals surface area contributed by atoms with Gasteiger partial charge in [0.1, 0.15) is 17.9 Å². The van der Waals surface area contributed by atoms with Gasteiger partial charge in [-0.1, -0.05) is 53.5 Å². The number of rotatable bonds is 11. The molecule has 3 aromatic carbocycles. The van der Waals surface area contributed by atoms with Crippen LogP contribution >= 0.6 is 23.2 Å². The molecule has 0 aliphatic carbocycles. The fraction of sp³-hybridized carbons (Fsp3) is 0.212. The van der Waals surface area contributed by atoms with E-state index in [0.29, 0.717) is 27.7 Å². The maximum atomic E-state index is 12.9. The molecular formula is C33H33Cl2N5O4. The molecule has 0 saturated carbocycles. The monoisotopic (exact) mass is 633 g/mol. The number of hydrogen-bond donors (Lipinski definition) is 2. The van der Waals surface area contributed by atoms with Crippen LogP contribution in [-0.4, -0.2) is 61.8 Å². The summed E-state index contributed by atoms with van der Waals surface area (Å²) in [5.41, 5.74) is 3.95. The number of carbonyl (C=O) groups excluding carboxylic acids is 3. The van der Waals surface area contributed by atoms with Crippen LogP contribution in [0, 0.1) is 6.92 Å². The Morgan fingerprint density at radius 2 is 1.70 bits per heavy atom. The van der Waals surface area contributed by atoms with Crippen LogP contribution in [0.3, 0.4) is 0 Å². The number of benzene rings is 3. The normalized spacial score (nSPS) is 11.2. The van der Waals surface area contributed by atoms with E-state index in [4.69, 9.17) is 27.9 Å². The van der Waals surface area contributed by atoms with Crippen LogP contribution < -0.4 is 20.3 Å². The van der Waals surface area contributed by atoms with Gasteiger partial charge in [-0.2, -0.15) is 0 Å². The van der Waals surface area contributed by atoms with Crippen molar-refractivity contribution in [1.29, 1.82) is 0 Å². The van der Waals surface area contributed by atoms with Gasteiger partial charge in [-0.3, -0.25) is 14.4 Å². The first kappa shape index (κ1) is 32.5. The van der Waals surface area contributed by atoms with Gasteiger partial charge in [0.15, 0.2) is 0 Å². The number of likely N-dealkylation sites (N-methyl/N-ethyl adjacent to an activating group) is 2. The van der Waals surface area contributed by atoms with Crippen LogP contribution in [0.15, 0.2) is 72.8 Å². The summed E-state index contributed by atoms with van der Waals surface area (Å²) >= 11 is 13.2. The molecule has 0 fully saturated rings. The molecule has 2 N–H and O–H groups in total. The molecule has 11 heteroatoms. The zero-order valence-corrected chi connectivity index (χ0v) is 26.4. The summed E-state index contributed by atoms with van der Waals surface area (Å²) in [6.45, 7) is 2.00. The van der Waals surface area contributed by atoms with E-state index < -0.39 is 5.91 Å². The van der Waals surface area contributed by atoms with Crippen molar-refractivity contribution in [3.8, 4) is 5.75 Å². The summed E-state index contributed by atoms with van der Waals surface area (Å²) in [7, 11) is 5.20. The van der Waals surface area contributed by atoms with Crippen LogP contribution in [0.5, 0.6) is 5.75 Å². The minimum atomic E-state index is -0.440. The highest BCUT2D eigenvalue weighted by Gasteiger charge is 2.19. The molecule has 0 aliphatic heterocycles. The number of anilines is 2. The van der Waals surface area contributed by atoms with E-state index in [1.807, 2.05) is 51.4 Å². The number of aryl methyl sites for hydroxylation is 1. The summed E-state index contributed by atoms with van der Waals surface area (Å²) in [6.07, 6.45) is 2.95. The van der Waals surface area contributed by atoms with Crippen molar-refractivity contribution in [3.63, 3.8) is 0 Å². The van der Waals surface area contributed by atoms with Crippen molar-refractivity contribution in [3.05, 3.63) is 99.7 Å². The lowest BCUT2D eigenvalue weighted by molar-refractivity contribution is -0.122. The zero-order valence-electron chi connectivity index (χ0n) is 24.9. The summed E-state index contributed by atoms with van der Waals surface area (Å²) in [5, 5.41) is 7.00. The van der Waals surface area contributed by atoms with Crippen molar-refractivity contribution in [2.45, 2.75) is 13.5 Å². The van der Waals surface area contributed by atoms with Crippen molar-refractivity contribution in [2.75, 3.05) is 44.4 Å². The van der Waals surface area contributed by atoms with E-state index in [-0.39, 0.29) is 36.5 Å². The van der Waals surface area contributed by atoms with Gasteiger partial charge >= 0.3 is 0 Å². The SMILES string of the molecule is Cc1ccc2cccc(OCc3c(Cl)ccc(N(C)C(=O)CNC(=O)/C=C/c4ccc(NC(=O)CN(C)C)cc4)c3Cl)c2n1. The zero-order chi connectivity index (χ0) is 31.8. The molecule has 4 aromatic rings. The highest BCUT2D eigenvalue weighted by atomic mass is 35.5. The van der Waals surface area contributed by atoms with Gasteiger partial charge in [-0.15, -0.1) is 0 Å². The molecule has 0 radical (unpaired) electrons. The molecule has 9 nitrogen and oxygen atoms in total. The van der Waals surface area contributed by atoms with Crippen LogP contribution in [0.25, 0.3) is 17.0 Å². The number of pyridine rings is 1. The number of amides is 3. The number of ether oxygens (including phenoxy) is 1. The molecule has 3 amide bonds. The summed E-state index contributed by atoms with van der Waals surface area (Å²) in [4.78, 5) is 45.0.